The van der Waals surface area contributed by atoms with Gasteiger partial charge in [0.15, 0.2) is 0 Å². The van der Waals surface area contributed by atoms with Crippen LogP contribution in [-0.4, -0.2) is 15.7 Å². The Bertz CT molecular complexity index is 915. The minimum absolute atomic E-state index is 0.403. The van der Waals surface area contributed by atoms with E-state index >= 15 is 0 Å². The number of nitrogens with two attached hydrogens (primary N) is 1. The van der Waals surface area contributed by atoms with E-state index in [-0.39, 0.29) is 0 Å². The van der Waals surface area contributed by atoms with Gasteiger partial charge in [0.05, 0.1) is 5.56 Å². The zero-order chi connectivity index (χ0) is 16.4. The topological polar surface area (TPSA) is 60.9 Å². The third-order valence-corrected chi connectivity index (χ3v) is 3.64. The fraction of sp³-hybridized carbons (Fsp3) is 0.0526. The van der Waals surface area contributed by atoms with Gasteiger partial charge in [-0.25, -0.2) is 0 Å². The second kappa shape index (κ2) is 5.82. The quantitative estimate of drug-likeness (QED) is 0.756. The van der Waals surface area contributed by atoms with Gasteiger partial charge in [0.2, 0.25) is 0 Å². The molecule has 23 heavy (non-hydrogen) atoms. The van der Waals surface area contributed by atoms with Crippen molar-refractivity contribution in [3.05, 3.63) is 65.9 Å². The molecular weight excluding hydrogens is 286 g/mol. The Labute approximate surface area is 134 Å². The van der Waals surface area contributed by atoms with Gasteiger partial charge in [-0.3, -0.25) is 9.48 Å². The van der Waals surface area contributed by atoms with Crippen molar-refractivity contribution < 1.29 is 4.79 Å². The minimum atomic E-state index is -0.495. The van der Waals surface area contributed by atoms with Crippen LogP contribution in [0.4, 0.5) is 0 Å². The summed E-state index contributed by atoms with van der Waals surface area (Å²) in [6.45, 7) is 0. The van der Waals surface area contributed by atoms with Crippen LogP contribution in [0.25, 0.3) is 22.4 Å². The second-order valence-electron chi connectivity index (χ2n) is 5.20. The van der Waals surface area contributed by atoms with Crippen molar-refractivity contribution >= 4 is 5.91 Å². The summed E-state index contributed by atoms with van der Waals surface area (Å²) in [6.07, 6.45) is 7.04. The molecule has 2 aromatic carbocycles. The number of hydrogen-bond donors (Lipinski definition) is 1. The minimum Gasteiger partial charge on any atom is -0.365 e. The number of amides is 1. The van der Waals surface area contributed by atoms with Crippen molar-refractivity contribution in [3.8, 4) is 34.7 Å². The Morgan fingerprint density at radius 2 is 1.78 bits per heavy atom. The summed E-state index contributed by atoms with van der Waals surface area (Å²) >= 11 is 0. The molecule has 1 amide bonds. The van der Waals surface area contributed by atoms with E-state index in [4.69, 9.17) is 12.2 Å². The maximum absolute atomic E-state index is 11.7. The number of aryl methyl sites for hydroxylation is 1. The molecular formula is C19H15N3O. The predicted molar refractivity (Wildman–Crippen MR) is 90.5 cm³/mol. The molecule has 4 nitrogen and oxygen atoms in total. The molecule has 1 heterocycles. The van der Waals surface area contributed by atoms with Gasteiger partial charge in [-0.2, -0.15) is 5.10 Å². The SMILES string of the molecule is C#Cc1ccc(-c2ccccc2-c2nn(C)cc2C(N)=O)cc1. The molecule has 112 valence electrons. The Kier molecular flexibility index (Phi) is 3.70. The first-order valence-corrected chi connectivity index (χ1v) is 7.10. The van der Waals surface area contributed by atoms with Crippen molar-refractivity contribution in [2.24, 2.45) is 12.8 Å². The van der Waals surface area contributed by atoms with E-state index in [1.54, 1.807) is 17.9 Å². The van der Waals surface area contributed by atoms with E-state index in [1.807, 2.05) is 48.5 Å². The van der Waals surface area contributed by atoms with Gasteiger partial charge >= 0.3 is 0 Å². The molecule has 0 spiro atoms. The van der Waals surface area contributed by atoms with Crippen LogP contribution in [0.1, 0.15) is 15.9 Å². The third kappa shape index (κ3) is 2.72. The summed E-state index contributed by atoms with van der Waals surface area (Å²) in [5, 5.41) is 4.41. The molecule has 3 aromatic rings. The van der Waals surface area contributed by atoms with Crippen LogP contribution in [0.5, 0.6) is 0 Å². The van der Waals surface area contributed by atoms with Gasteiger partial charge in [0.1, 0.15) is 5.69 Å². The molecule has 2 N–H and O–H groups in total. The lowest BCUT2D eigenvalue weighted by Crippen LogP contribution is -2.11. The standard InChI is InChI=1S/C19H15N3O/c1-3-13-8-10-14(11-9-13)15-6-4-5-7-16(15)18-17(19(20)23)12-22(2)21-18/h1,4-12H,2H3,(H2,20,23). The lowest BCUT2D eigenvalue weighted by molar-refractivity contribution is 0.100. The molecule has 0 unspecified atom stereocenters. The van der Waals surface area contributed by atoms with Gasteiger partial charge in [-0.05, 0) is 23.3 Å². The Balaban J connectivity index is 2.19. The number of carbonyl (C=O) groups excluding carboxylic acids is 1. The van der Waals surface area contributed by atoms with Crippen molar-refractivity contribution in [1.29, 1.82) is 0 Å². The smallest absolute Gasteiger partial charge is 0.252 e. The van der Waals surface area contributed by atoms with Crippen molar-refractivity contribution in [1.82, 2.24) is 9.78 Å². The first kappa shape index (κ1) is 14.6. The fourth-order valence-corrected chi connectivity index (χ4v) is 2.56. The first-order valence-electron chi connectivity index (χ1n) is 7.10. The molecule has 4 heteroatoms. The molecule has 0 atom stereocenters. The lowest BCUT2D eigenvalue weighted by Gasteiger charge is -2.09. The third-order valence-electron chi connectivity index (χ3n) is 3.64. The van der Waals surface area contributed by atoms with Crippen LogP contribution < -0.4 is 5.73 Å². The number of rotatable bonds is 3. The summed E-state index contributed by atoms with van der Waals surface area (Å²) in [6, 6.07) is 15.5. The number of terminal acetylenes is 1. The highest BCUT2D eigenvalue weighted by molar-refractivity contribution is 6.00. The molecule has 0 radical (unpaired) electrons. The Hall–Kier alpha value is -3.32. The summed E-state index contributed by atoms with van der Waals surface area (Å²) in [5.74, 6) is 2.11. The first-order chi connectivity index (χ1) is 11.1. The summed E-state index contributed by atoms with van der Waals surface area (Å²) in [4.78, 5) is 11.7. The van der Waals surface area contributed by atoms with E-state index in [0.29, 0.717) is 11.3 Å². The molecule has 1 aromatic heterocycles. The summed E-state index contributed by atoms with van der Waals surface area (Å²) in [7, 11) is 1.76. The number of benzene rings is 2. The summed E-state index contributed by atoms with van der Waals surface area (Å²) in [5.41, 5.74) is 10.1. The van der Waals surface area contributed by atoms with E-state index in [9.17, 15) is 4.79 Å². The van der Waals surface area contributed by atoms with Gasteiger partial charge in [0, 0.05) is 24.4 Å². The molecule has 0 fully saturated rings. The Morgan fingerprint density at radius 3 is 2.39 bits per heavy atom. The van der Waals surface area contributed by atoms with Crippen LogP contribution >= 0.6 is 0 Å². The molecule has 0 saturated carbocycles. The fourth-order valence-electron chi connectivity index (χ4n) is 2.56. The maximum atomic E-state index is 11.7. The van der Waals surface area contributed by atoms with Crippen LogP contribution in [0, 0.1) is 12.3 Å². The van der Waals surface area contributed by atoms with E-state index in [1.165, 1.54) is 0 Å². The monoisotopic (exact) mass is 301 g/mol. The van der Waals surface area contributed by atoms with Crippen LogP contribution in [0.15, 0.2) is 54.7 Å². The number of hydrogen-bond acceptors (Lipinski definition) is 2. The molecule has 0 saturated heterocycles. The average Bonchev–Trinajstić information content (AvgIpc) is 2.97. The summed E-state index contributed by atoms with van der Waals surface area (Å²) < 4.78 is 1.59. The average molecular weight is 301 g/mol. The molecule has 0 bridgehead atoms. The van der Waals surface area contributed by atoms with Gasteiger partial charge in [-0.15, -0.1) is 6.42 Å². The zero-order valence-corrected chi connectivity index (χ0v) is 12.7. The van der Waals surface area contributed by atoms with Crippen LogP contribution in [-0.2, 0) is 7.05 Å². The zero-order valence-electron chi connectivity index (χ0n) is 12.7. The van der Waals surface area contributed by atoms with Gasteiger partial charge < -0.3 is 5.73 Å². The van der Waals surface area contributed by atoms with Crippen molar-refractivity contribution in [3.63, 3.8) is 0 Å². The molecule has 0 aliphatic heterocycles. The highest BCUT2D eigenvalue weighted by atomic mass is 16.1. The van der Waals surface area contributed by atoms with Gasteiger partial charge in [-0.1, -0.05) is 42.3 Å². The highest BCUT2D eigenvalue weighted by Gasteiger charge is 2.17. The van der Waals surface area contributed by atoms with E-state index in [0.717, 1.165) is 22.3 Å². The number of carbonyl (C=O) groups is 1. The maximum Gasteiger partial charge on any atom is 0.252 e. The predicted octanol–water partition coefficient (Wildman–Crippen LogP) is 2.83. The largest absolute Gasteiger partial charge is 0.365 e. The molecule has 0 aliphatic rings. The van der Waals surface area contributed by atoms with E-state index in [2.05, 4.69) is 11.0 Å². The molecule has 3 rings (SSSR count). The van der Waals surface area contributed by atoms with Crippen molar-refractivity contribution in [2.45, 2.75) is 0 Å². The van der Waals surface area contributed by atoms with Crippen molar-refractivity contribution in [2.75, 3.05) is 0 Å². The highest BCUT2D eigenvalue weighted by Crippen LogP contribution is 2.32. The number of primary amides is 1. The Morgan fingerprint density at radius 1 is 1.13 bits per heavy atom. The van der Waals surface area contributed by atoms with Gasteiger partial charge in [0.25, 0.3) is 5.91 Å². The number of aromatic nitrogens is 2. The van der Waals surface area contributed by atoms with E-state index < -0.39 is 5.91 Å². The normalized spacial score (nSPS) is 10.3. The number of nitrogens with zero attached hydrogens (tertiary/aromatic N) is 2. The van der Waals surface area contributed by atoms with Crippen LogP contribution in [0.3, 0.4) is 0 Å². The molecule has 0 aliphatic carbocycles. The second-order valence-corrected chi connectivity index (χ2v) is 5.20. The lowest BCUT2D eigenvalue weighted by atomic mass is 9.95. The van der Waals surface area contributed by atoms with Crippen LogP contribution in [0.2, 0.25) is 0 Å².